The van der Waals surface area contributed by atoms with Crippen LogP contribution >= 0.6 is 0 Å². The SMILES string of the molecule is CC(C)(C)[Si](O)(C(C)(C)C)C(C)(C)C.CC(C)(C)[Si](O)(C(C)(C)C)C(C)(C)C.CC(C)(C)[Si](O)(C(C)(C)C)C(C)(C)C.[Ta]=[N]c1ccccc1. The van der Waals surface area contributed by atoms with E-state index in [9.17, 15) is 14.4 Å². The van der Waals surface area contributed by atoms with Crippen LogP contribution in [0.25, 0.3) is 0 Å². The maximum atomic E-state index is 11.2. The quantitative estimate of drug-likeness (QED) is 0.246. The van der Waals surface area contributed by atoms with Gasteiger partial charge in [-0.15, -0.1) is 0 Å². The summed E-state index contributed by atoms with van der Waals surface area (Å²) in [5, 5.41) is 0.156. The Morgan fingerprint density at radius 3 is 0.540 bits per heavy atom. The molecule has 297 valence electrons. The van der Waals surface area contributed by atoms with Crippen molar-refractivity contribution in [3.05, 3.63) is 30.3 Å². The first-order valence-corrected chi connectivity index (χ1v) is 26.0. The number of rotatable bonds is 1. The number of hydrogen-bond acceptors (Lipinski definition) is 4. The fraction of sp³-hybridized carbons (Fsp3) is 0.857. The summed E-state index contributed by atoms with van der Waals surface area (Å²) in [5.74, 6) is 0. The molecule has 8 heteroatoms. The summed E-state index contributed by atoms with van der Waals surface area (Å²) in [4.78, 5) is 33.5. The molecule has 0 spiro atoms. The fourth-order valence-corrected chi connectivity index (χ4v) is 31.3. The molecule has 0 heterocycles. The summed E-state index contributed by atoms with van der Waals surface area (Å²) in [6.07, 6.45) is 0. The van der Waals surface area contributed by atoms with E-state index < -0.39 is 25.0 Å². The topological polar surface area (TPSA) is 73.0 Å². The molecule has 1 rings (SSSR count). The molecule has 0 fully saturated rings. The second-order valence-electron chi connectivity index (χ2n) is 23.8. The van der Waals surface area contributed by atoms with Crippen LogP contribution < -0.4 is 0 Å². The molecule has 0 amide bonds. The van der Waals surface area contributed by atoms with Gasteiger partial charge in [-0.25, -0.2) is 0 Å². The van der Waals surface area contributed by atoms with Crippen LogP contribution in [0.5, 0.6) is 0 Å². The third-order valence-electron chi connectivity index (χ3n) is 10.6. The second kappa shape index (κ2) is 17.4. The van der Waals surface area contributed by atoms with Gasteiger partial charge in [0.1, 0.15) is 0 Å². The first-order chi connectivity index (χ1) is 21.2. The normalized spacial score (nSPS) is 14.7. The number of benzene rings is 1. The van der Waals surface area contributed by atoms with Crippen LogP contribution in [0, 0.1) is 0 Å². The van der Waals surface area contributed by atoms with E-state index in [4.69, 9.17) is 0 Å². The fourth-order valence-electron chi connectivity index (χ4n) is 10.6. The van der Waals surface area contributed by atoms with Crippen LogP contribution in [-0.2, 0) is 20.9 Å². The van der Waals surface area contributed by atoms with E-state index in [1.165, 1.54) is 0 Å². The van der Waals surface area contributed by atoms with Crippen molar-refractivity contribution in [2.45, 2.75) is 232 Å². The Morgan fingerprint density at radius 2 is 0.480 bits per heavy atom. The van der Waals surface area contributed by atoms with Crippen LogP contribution in [-0.4, -0.2) is 39.3 Å². The zero-order chi connectivity index (χ0) is 41.8. The molecule has 0 radical (unpaired) electrons. The molecule has 0 atom stereocenters. The average Bonchev–Trinajstić information content (AvgIpc) is 2.82. The Morgan fingerprint density at radius 1 is 0.340 bits per heavy atom. The maximum absolute atomic E-state index is 11.2. The van der Waals surface area contributed by atoms with Gasteiger partial charge in [0.25, 0.3) is 0 Å². The summed E-state index contributed by atoms with van der Waals surface area (Å²) in [5.41, 5.74) is 1.08. The van der Waals surface area contributed by atoms with Crippen molar-refractivity contribution in [2.75, 3.05) is 0 Å². The summed E-state index contributed by atoms with van der Waals surface area (Å²) in [7, 11) is -7.06. The van der Waals surface area contributed by atoms with Gasteiger partial charge in [-0.05, 0) is 45.3 Å². The Labute approximate surface area is 330 Å². The van der Waals surface area contributed by atoms with Crippen molar-refractivity contribution < 1.29 is 35.3 Å². The van der Waals surface area contributed by atoms with Gasteiger partial charge in [0, 0.05) is 0 Å². The summed E-state index contributed by atoms with van der Waals surface area (Å²) < 4.78 is 4.08. The molecule has 0 unspecified atom stereocenters. The molecular formula is C42H89NO3Si3Ta. The molecule has 3 N–H and O–H groups in total. The van der Waals surface area contributed by atoms with Gasteiger partial charge < -0.3 is 14.4 Å². The van der Waals surface area contributed by atoms with Gasteiger partial charge in [-0.1, -0.05) is 187 Å². The molecule has 50 heavy (non-hydrogen) atoms. The van der Waals surface area contributed by atoms with Gasteiger partial charge in [0.05, 0.1) is 0 Å². The van der Waals surface area contributed by atoms with Crippen LogP contribution in [0.2, 0.25) is 45.3 Å². The number of hydrogen-bond donors (Lipinski definition) is 3. The van der Waals surface area contributed by atoms with Gasteiger partial charge in [-0.2, -0.15) is 0 Å². The molecule has 0 saturated heterocycles. The Bertz CT molecular complexity index is 930. The van der Waals surface area contributed by atoms with Crippen molar-refractivity contribution >= 4 is 30.6 Å². The van der Waals surface area contributed by atoms with Crippen LogP contribution in [0.4, 0.5) is 5.69 Å². The van der Waals surface area contributed by atoms with E-state index in [0.29, 0.717) is 0 Å². The predicted molar refractivity (Wildman–Crippen MR) is 230 cm³/mol. The Kier molecular flexibility index (Phi) is 19.0. The molecule has 0 bridgehead atoms. The van der Waals surface area contributed by atoms with E-state index in [1.54, 1.807) is 0 Å². The first-order valence-electron chi connectivity index (χ1n) is 18.8. The van der Waals surface area contributed by atoms with Crippen LogP contribution in [0.1, 0.15) is 187 Å². The van der Waals surface area contributed by atoms with E-state index in [1.807, 2.05) is 30.3 Å². The van der Waals surface area contributed by atoms with E-state index in [2.05, 4.69) is 190 Å². The molecule has 0 saturated carbocycles. The molecule has 1 aromatic carbocycles. The number of nitrogens with zero attached hydrogens (tertiary/aromatic N) is 1. The van der Waals surface area contributed by atoms with Gasteiger partial charge in [0.15, 0.2) is 0 Å². The van der Waals surface area contributed by atoms with Crippen molar-refractivity contribution in [1.29, 1.82) is 0 Å². The van der Waals surface area contributed by atoms with Gasteiger partial charge >= 0.3 is 60.2 Å². The standard InChI is InChI=1S/3C12H28OSi.C6H5N.Ta/c3*1-10(2,3)14(13,11(4,5)6)12(7,8)9;7-6-4-2-1-3-5-6;/h3*13H,1-9H3;1-5H;. The van der Waals surface area contributed by atoms with Crippen LogP contribution in [0.15, 0.2) is 33.7 Å². The molecule has 0 aliphatic rings. The minimum absolute atomic E-state index is 0.0174. The molecule has 0 aromatic heterocycles. The van der Waals surface area contributed by atoms with E-state index >= 15 is 0 Å². The Hall–Kier alpha value is 0.291. The van der Waals surface area contributed by atoms with Gasteiger partial charge in [-0.3, -0.25) is 0 Å². The Balaban J connectivity index is -0.000000599. The summed E-state index contributed by atoms with van der Waals surface area (Å²) in [6, 6.07) is 9.98. The molecular weight excluding hydrogens is 832 g/mol. The van der Waals surface area contributed by atoms with E-state index in [-0.39, 0.29) is 45.3 Å². The summed E-state index contributed by atoms with van der Waals surface area (Å²) in [6.45, 7) is 58.8. The zero-order valence-electron chi connectivity index (χ0n) is 38.6. The molecule has 1 aromatic rings. The summed E-state index contributed by atoms with van der Waals surface area (Å²) >= 11 is 1.08. The van der Waals surface area contributed by atoms with Crippen molar-refractivity contribution in [3.63, 3.8) is 0 Å². The molecule has 0 aliphatic carbocycles. The van der Waals surface area contributed by atoms with Gasteiger partial charge in [0.2, 0.25) is 25.0 Å². The molecule has 0 aliphatic heterocycles. The third-order valence-corrected chi connectivity index (χ3v) is 31.0. The zero-order valence-corrected chi connectivity index (χ0v) is 44.8. The first kappa shape index (κ1) is 54.6. The van der Waals surface area contributed by atoms with E-state index in [0.717, 1.165) is 26.6 Å². The van der Waals surface area contributed by atoms with Crippen LogP contribution in [0.3, 0.4) is 0 Å². The van der Waals surface area contributed by atoms with Crippen molar-refractivity contribution in [3.8, 4) is 0 Å². The second-order valence-corrected chi connectivity index (χ2v) is 42.3. The third kappa shape index (κ3) is 13.0. The minimum atomic E-state index is -2.35. The predicted octanol–water partition coefficient (Wildman–Crippen LogP) is 15.0. The van der Waals surface area contributed by atoms with Crippen molar-refractivity contribution in [1.82, 2.24) is 0 Å². The average molecular weight is 921 g/mol. The monoisotopic (exact) mass is 921 g/mol. The molecule has 4 nitrogen and oxygen atoms in total. The van der Waals surface area contributed by atoms with Crippen molar-refractivity contribution in [2.24, 2.45) is 3.34 Å².